The molecule has 100 valence electrons. The van der Waals surface area contributed by atoms with Crippen LogP contribution in [-0.4, -0.2) is 10.8 Å². The topological polar surface area (TPSA) is 56.0 Å². The molecule has 0 atom stereocenters. The molecule has 0 unspecified atom stereocenters. The molecule has 5 rings (SSSR count). The van der Waals surface area contributed by atoms with Gasteiger partial charge in [-0.15, -0.1) is 0 Å². The number of anilines is 1. The van der Waals surface area contributed by atoms with Gasteiger partial charge >= 0.3 is 0 Å². The molecule has 0 aromatic carbocycles. The molecular formula is C16H20N2O. The van der Waals surface area contributed by atoms with Crippen molar-refractivity contribution in [1.82, 2.24) is 4.98 Å². The molecule has 0 aliphatic heterocycles. The van der Waals surface area contributed by atoms with Gasteiger partial charge in [-0.1, -0.05) is 0 Å². The summed E-state index contributed by atoms with van der Waals surface area (Å²) in [5.74, 6) is 3.51. The molecule has 0 saturated heterocycles. The number of nitrogens with zero attached hydrogens (tertiary/aromatic N) is 1. The Hall–Kier alpha value is -1.38. The molecule has 0 spiro atoms. The van der Waals surface area contributed by atoms with E-state index in [1.54, 1.807) is 18.5 Å². The predicted octanol–water partition coefficient (Wildman–Crippen LogP) is 2.92. The van der Waals surface area contributed by atoms with Gasteiger partial charge in [0, 0.05) is 24.0 Å². The van der Waals surface area contributed by atoms with Gasteiger partial charge in [0.2, 0.25) is 0 Å². The van der Waals surface area contributed by atoms with Crippen molar-refractivity contribution >= 4 is 11.5 Å². The van der Waals surface area contributed by atoms with Crippen molar-refractivity contribution in [2.45, 2.75) is 32.1 Å². The van der Waals surface area contributed by atoms with Crippen molar-refractivity contribution in [3.05, 3.63) is 24.0 Å². The lowest BCUT2D eigenvalue weighted by Gasteiger charge is -2.53. The Kier molecular flexibility index (Phi) is 2.44. The van der Waals surface area contributed by atoms with Crippen LogP contribution < -0.4 is 5.73 Å². The first-order valence-corrected chi connectivity index (χ1v) is 7.46. The van der Waals surface area contributed by atoms with Crippen molar-refractivity contribution < 1.29 is 4.79 Å². The molecule has 4 bridgehead atoms. The zero-order valence-corrected chi connectivity index (χ0v) is 11.1. The Bertz CT molecular complexity index is 497. The molecule has 1 aromatic heterocycles. The molecule has 3 heteroatoms. The smallest absolute Gasteiger partial charge is 0.170 e. The quantitative estimate of drug-likeness (QED) is 0.828. The van der Waals surface area contributed by atoms with Crippen LogP contribution in [0, 0.1) is 29.6 Å². The highest BCUT2D eigenvalue weighted by Gasteiger charge is 2.50. The van der Waals surface area contributed by atoms with Crippen molar-refractivity contribution in [2.24, 2.45) is 29.6 Å². The van der Waals surface area contributed by atoms with E-state index in [2.05, 4.69) is 4.98 Å². The molecule has 4 aliphatic rings. The number of aromatic nitrogens is 1. The van der Waals surface area contributed by atoms with Crippen molar-refractivity contribution in [1.29, 1.82) is 0 Å². The molecule has 3 nitrogen and oxygen atoms in total. The number of carbonyl (C=O) groups excluding carboxylic acids is 1. The minimum atomic E-state index is 0.222. The summed E-state index contributed by atoms with van der Waals surface area (Å²) in [4.78, 5) is 16.9. The molecule has 2 N–H and O–H groups in total. The van der Waals surface area contributed by atoms with Crippen molar-refractivity contribution in [3.63, 3.8) is 0 Å². The Morgan fingerprint density at radius 3 is 2.32 bits per heavy atom. The Morgan fingerprint density at radius 1 is 1.11 bits per heavy atom. The lowest BCUT2D eigenvalue weighted by molar-refractivity contribution is -0.0250. The monoisotopic (exact) mass is 256 g/mol. The first-order valence-electron chi connectivity index (χ1n) is 7.46. The molecular weight excluding hydrogens is 236 g/mol. The number of rotatable bonds is 2. The summed E-state index contributed by atoms with van der Waals surface area (Å²) in [6.07, 6.45) is 9.80. The third-order valence-electron chi connectivity index (χ3n) is 5.65. The van der Waals surface area contributed by atoms with Gasteiger partial charge in [-0.05, 0) is 61.8 Å². The molecule has 4 aliphatic carbocycles. The molecule has 1 aromatic rings. The predicted molar refractivity (Wildman–Crippen MR) is 73.5 cm³/mol. The highest BCUT2D eigenvalue weighted by atomic mass is 16.1. The Labute approximate surface area is 113 Å². The summed E-state index contributed by atoms with van der Waals surface area (Å²) < 4.78 is 0. The van der Waals surface area contributed by atoms with Gasteiger partial charge in [0.05, 0.1) is 5.56 Å². The van der Waals surface area contributed by atoms with Crippen LogP contribution in [0.5, 0.6) is 0 Å². The van der Waals surface area contributed by atoms with E-state index in [0.29, 0.717) is 23.1 Å². The summed E-state index contributed by atoms with van der Waals surface area (Å²) in [6.45, 7) is 0. The number of hydrogen-bond donors (Lipinski definition) is 1. The molecule has 4 fully saturated rings. The fourth-order valence-electron chi connectivity index (χ4n) is 5.14. The average molecular weight is 256 g/mol. The summed E-state index contributed by atoms with van der Waals surface area (Å²) in [5.41, 5.74) is 7.20. The average Bonchev–Trinajstić information content (AvgIpc) is 2.37. The zero-order valence-electron chi connectivity index (χ0n) is 11.1. The van der Waals surface area contributed by atoms with E-state index >= 15 is 0 Å². The van der Waals surface area contributed by atoms with Crippen LogP contribution in [0.1, 0.15) is 42.5 Å². The van der Waals surface area contributed by atoms with Crippen molar-refractivity contribution in [3.8, 4) is 0 Å². The molecule has 1 heterocycles. The maximum Gasteiger partial charge on any atom is 0.170 e. The van der Waals surface area contributed by atoms with Gasteiger partial charge in [-0.2, -0.15) is 0 Å². The molecule has 19 heavy (non-hydrogen) atoms. The normalized spacial score (nSPS) is 39.5. The number of hydrogen-bond acceptors (Lipinski definition) is 3. The van der Waals surface area contributed by atoms with E-state index in [0.717, 1.165) is 11.8 Å². The van der Waals surface area contributed by atoms with Crippen LogP contribution in [0.4, 0.5) is 5.69 Å². The third-order valence-corrected chi connectivity index (χ3v) is 5.65. The highest BCUT2D eigenvalue weighted by Crippen LogP contribution is 2.57. The fourth-order valence-corrected chi connectivity index (χ4v) is 5.14. The third kappa shape index (κ3) is 1.71. The maximum absolute atomic E-state index is 12.8. The second-order valence-corrected chi connectivity index (χ2v) is 6.78. The first kappa shape index (κ1) is 11.4. The SMILES string of the molecule is Nc1ccncc1C(=O)C1C2CC3CC(C2)CC1C3. The van der Waals surface area contributed by atoms with E-state index in [9.17, 15) is 4.79 Å². The van der Waals surface area contributed by atoms with Crippen LogP contribution in [0.3, 0.4) is 0 Å². The maximum atomic E-state index is 12.8. The number of ketones is 1. The van der Waals surface area contributed by atoms with Crippen LogP contribution in [0.2, 0.25) is 0 Å². The van der Waals surface area contributed by atoms with Gasteiger partial charge in [0.15, 0.2) is 5.78 Å². The van der Waals surface area contributed by atoms with E-state index in [1.807, 2.05) is 0 Å². The van der Waals surface area contributed by atoms with Crippen LogP contribution in [0.15, 0.2) is 18.5 Å². The van der Waals surface area contributed by atoms with Crippen LogP contribution in [-0.2, 0) is 0 Å². The second kappa shape index (κ2) is 4.06. The van der Waals surface area contributed by atoms with Crippen LogP contribution in [0.25, 0.3) is 0 Å². The summed E-state index contributed by atoms with van der Waals surface area (Å²) in [6, 6.07) is 1.74. The lowest BCUT2D eigenvalue weighted by Crippen LogP contribution is -2.48. The number of Topliss-reactive ketones (excluding diaryl/α,β-unsaturated/α-hetero) is 1. The molecule has 0 amide bonds. The minimum Gasteiger partial charge on any atom is -0.398 e. The van der Waals surface area contributed by atoms with Gasteiger partial charge in [0.1, 0.15) is 0 Å². The standard InChI is InChI=1S/C16H20N2O/c17-14-1-2-18-8-13(14)16(19)15-11-4-9-3-10(6-11)7-12(15)5-9/h1-2,8-12,15H,3-7H2,(H2,17,18). The number of nitrogens with two attached hydrogens (primary N) is 1. The summed E-state index contributed by atoms with van der Waals surface area (Å²) >= 11 is 0. The van der Waals surface area contributed by atoms with Crippen molar-refractivity contribution in [2.75, 3.05) is 5.73 Å². The van der Waals surface area contributed by atoms with Crippen LogP contribution >= 0.6 is 0 Å². The first-order chi connectivity index (χ1) is 9.22. The number of carbonyl (C=O) groups is 1. The summed E-state index contributed by atoms with van der Waals surface area (Å²) in [7, 11) is 0. The zero-order chi connectivity index (χ0) is 13.0. The number of pyridine rings is 1. The number of nitrogen functional groups attached to an aromatic ring is 1. The minimum absolute atomic E-state index is 0.222. The highest BCUT2D eigenvalue weighted by molar-refractivity contribution is 6.02. The fraction of sp³-hybridized carbons (Fsp3) is 0.625. The molecule has 4 saturated carbocycles. The summed E-state index contributed by atoms with van der Waals surface area (Å²) in [5, 5.41) is 0. The Balaban J connectivity index is 1.66. The van der Waals surface area contributed by atoms with Gasteiger partial charge in [0.25, 0.3) is 0 Å². The molecule has 0 radical (unpaired) electrons. The second-order valence-electron chi connectivity index (χ2n) is 6.78. The van der Waals surface area contributed by atoms with Gasteiger partial charge in [-0.3, -0.25) is 9.78 Å². The Morgan fingerprint density at radius 2 is 1.74 bits per heavy atom. The van der Waals surface area contributed by atoms with E-state index in [-0.39, 0.29) is 11.7 Å². The van der Waals surface area contributed by atoms with E-state index in [4.69, 9.17) is 5.73 Å². The van der Waals surface area contributed by atoms with E-state index < -0.39 is 0 Å². The van der Waals surface area contributed by atoms with Gasteiger partial charge < -0.3 is 5.73 Å². The van der Waals surface area contributed by atoms with E-state index in [1.165, 1.54) is 32.1 Å². The largest absolute Gasteiger partial charge is 0.398 e. The lowest BCUT2D eigenvalue weighted by atomic mass is 9.51. The van der Waals surface area contributed by atoms with Gasteiger partial charge in [-0.25, -0.2) is 0 Å².